The van der Waals surface area contributed by atoms with Crippen LogP contribution in [-0.4, -0.2) is 32.6 Å². The lowest BCUT2D eigenvalue weighted by atomic mass is 10.0. The Morgan fingerprint density at radius 3 is 2.94 bits per heavy atom. The molecule has 1 aromatic heterocycles. The number of carbonyl (C=O) groups excluding carboxylic acids is 1. The number of hydrogen-bond acceptors (Lipinski definition) is 5. The van der Waals surface area contributed by atoms with Crippen LogP contribution in [-0.2, 0) is 11.2 Å². The van der Waals surface area contributed by atoms with E-state index in [0.29, 0.717) is 23.4 Å². The van der Waals surface area contributed by atoms with E-state index in [9.17, 15) is 9.59 Å². The summed E-state index contributed by atoms with van der Waals surface area (Å²) in [5, 5.41) is 15.7. The minimum atomic E-state index is -0.837. The monoisotopic (exact) mass is 269 g/mol. The molecule has 0 aliphatic heterocycles. The van der Waals surface area contributed by atoms with E-state index < -0.39 is 11.9 Å². The van der Waals surface area contributed by atoms with E-state index in [1.807, 2.05) is 6.92 Å². The predicted octanol–water partition coefficient (Wildman–Crippen LogP) is 1.08. The van der Waals surface area contributed by atoms with Gasteiger partial charge in [0.05, 0.1) is 11.6 Å². The average Bonchev–Trinajstić information content (AvgIpc) is 2.96. The van der Waals surface area contributed by atoms with Gasteiger partial charge in [0, 0.05) is 6.04 Å². The fraction of sp³-hybridized carbons (Fsp3) is 0.636. The quantitative estimate of drug-likeness (QED) is 0.853. The number of amides is 1. The second-order valence-electron chi connectivity index (χ2n) is 4.36. The molecule has 2 rings (SSSR count). The van der Waals surface area contributed by atoms with Crippen molar-refractivity contribution < 1.29 is 14.7 Å². The lowest BCUT2D eigenvalue weighted by Gasteiger charge is -2.16. The molecule has 0 aromatic carbocycles. The Kier molecular flexibility index (Phi) is 3.90. The van der Waals surface area contributed by atoms with Gasteiger partial charge in [0.1, 0.15) is 4.88 Å². The lowest BCUT2D eigenvalue weighted by molar-refractivity contribution is -0.142. The molecule has 1 aliphatic rings. The van der Waals surface area contributed by atoms with Crippen molar-refractivity contribution in [1.29, 1.82) is 0 Å². The first-order valence-electron chi connectivity index (χ1n) is 5.98. The van der Waals surface area contributed by atoms with Crippen molar-refractivity contribution in [2.24, 2.45) is 5.92 Å². The van der Waals surface area contributed by atoms with E-state index in [1.165, 1.54) is 0 Å². The summed E-state index contributed by atoms with van der Waals surface area (Å²) in [4.78, 5) is 23.6. The number of nitrogens with zero attached hydrogens (tertiary/aromatic N) is 2. The number of aryl methyl sites for hydroxylation is 1. The van der Waals surface area contributed by atoms with Crippen LogP contribution in [0.25, 0.3) is 0 Å². The van der Waals surface area contributed by atoms with Crippen molar-refractivity contribution in [3.63, 3.8) is 0 Å². The third-order valence-corrected chi connectivity index (χ3v) is 4.01. The molecular formula is C11H15N3O3S. The van der Waals surface area contributed by atoms with Crippen LogP contribution in [0.4, 0.5) is 0 Å². The number of aliphatic carboxylic acids is 1. The molecule has 1 amide bonds. The molecular weight excluding hydrogens is 254 g/mol. The molecule has 0 saturated heterocycles. The Morgan fingerprint density at radius 2 is 2.28 bits per heavy atom. The maximum Gasteiger partial charge on any atom is 0.308 e. The Labute approximate surface area is 109 Å². The summed E-state index contributed by atoms with van der Waals surface area (Å²) >= 11 is 1.05. The zero-order valence-electron chi connectivity index (χ0n) is 10.0. The van der Waals surface area contributed by atoms with Gasteiger partial charge >= 0.3 is 5.97 Å². The first kappa shape index (κ1) is 12.9. The van der Waals surface area contributed by atoms with Gasteiger partial charge in [0.2, 0.25) is 0 Å². The molecule has 18 heavy (non-hydrogen) atoms. The van der Waals surface area contributed by atoms with E-state index in [-0.39, 0.29) is 11.9 Å². The van der Waals surface area contributed by atoms with Crippen molar-refractivity contribution in [2.75, 3.05) is 0 Å². The zero-order chi connectivity index (χ0) is 13.1. The summed E-state index contributed by atoms with van der Waals surface area (Å²) in [6.45, 7) is 1.91. The van der Waals surface area contributed by atoms with E-state index >= 15 is 0 Å². The fourth-order valence-corrected chi connectivity index (χ4v) is 2.93. The molecule has 1 aromatic rings. The molecule has 2 atom stereocenters. The summed E-state index contributed by atoms with van der Waals surface area (Å²) in [5.41, 5.74) is 0.669. The molecule has 2 N–H and O–H groups in total. The maximum atomic E-state index is 12.0. The van der Waals surface area contributed by atoms with Crippen LogP contribution in [0.15, 0.2) is 0 Å². The Morgan fingerprint density at radius 1 is 1.50 bits per heavy atom. The van der Waals surface area contributed by atoms with E-state index in [2.05, 4.69) is 14.9 Å². The summed E-state index contributed by atoms with van der Waals surface area (Å²) < 4.78 is 3.76. The summed E-state index contributed by atoms with van der Waals surface area (Å²) in [6.07, 6.45) is 2.83. The summed E-state index contributed by atoms with van der Waals surface area (Å²) in [7, 11) is 0. The molecule has 6 nitrogen and oxygen atoms in total. The van der Waals surface area contributed by atoms with Gasteiger partial charge in [0.25, 0.3) is 5.91 Å². The molecule has 1 saturated carbocycles. The van der Waals surface area contributed by atoms with Gasteiger partial charge in [-0.25, -0.2) is 0 Å². The van der Waals surface area contributed by atoms with Gasteiger partial charge in [-0.15, -0.1) is 5.10 Å². The second-order valence-corrected chi connectivity index (χ2v) is 5.11. The molecule has 7 heteroatoms. The van der Waals surface area contributed by atoms with Crippen LogP contribution in [0.2, 0.25) is 0 Å². The fourth-order valence-electron chi connectivity index (χ4n) is 2.27. The van der Waals surface area contributed by atoms with E-state index in [1.54, 1.807) is 0 Å². The number of rotatable bonds is 4. The zero-order valence-corrected chi connectivity index (χ0v) is 10.9. The van der Waals surface area contributed by atoms with Crippen LogP contribution >= 0.6 is 11.5 Å². The van der Waals surface area contributed by atoms with Crippen molar-refractivity contribution in [3.8, 4) is 0 Å². The normalized spacial score (nSPS) is 22.9. The highest BCUT2D eigenvalue weighted by Gasteiger charge is 2.34. The van der Waals surface area contributed by atoms with Gasteiger partial charge in [-0.2, -0.15) is 0 Å². The van der Waals surface area contributed by atoms with Gasteiger partial charge < -0.3 is 10.4 Å². The number of aromatic nitrogens is 2. The van der Waals surface area contributed by atoms with Crippen LogP contribution in [0.1, 0.15) is 41.6 Å². The number of carboxylic acids is 1. The van der Waals surface area contributed by atoms with Crippen LogP contribution in [0, 0.1) is 5.92 Å². The lowest BCUT2D eigenvalue weighted by Crippen LogP contribution is -2.40. The molecule has 1 aliphatic carbocycles. The third-order valence-electron chi connectivity index (χ3n) is 3.25. The van der Waals surface area contributed by atoms with Crippen LogP contribution in [0.3, 0.4) is 0 Å². The standard InChI is InChI=1S/C11H15N3O3S/c1-2-7-9(18-14-13-7)10(15)12-8-5-3-4-6(8)11(16)17/h6,8H,2-5H2,1H3,(H,12,15)(H,16,17). The van der Waals surface area contributed by atoms with Crippen molar-refractivity contribution in [3.05, 3.63) is 10.6 Å². The number of carboxylic acid groups (broad SMARTS) is 1. The highest BCUT2D eigenvalue weighted by atomic mass is 32.1. The average molecular weight is 269 g/mol. The third kappa shape index (κ3) is 2.50. The van der Waals surface area contributed by atoms with Crippen molar-refractivity contribution in [1.82, 2.24) is 14.9 Å². The largest absolute Gasteiger partial charge is 0.481 e. The van der Waals surface area contributed by atoms with Gasteiger partial charge in [-0.3, -0.25) is 9.59 Å². The minimum absolute atomic E-state index is 0.250. The summed E-state index contributed by atoms with van der Waals surface area (Å²) in [5.74, 6) is -1.56. The van der Waals surface area contributed by atoms with Gasteiger partial charge in [0.15, 0.2) is 0 Å². The predicted molar refractivity (Wildman–Crippen MR) is 65.5 cm³/mol. The van der Waals surface area contributed by atoms with E-state index in [4.69, 9.17) is 5.11 Å². The molecule has 0 bridgehead atoms. The second kappa shape index (κ2) is 5.43. The minimum Gasteiger partial charge on any atom is -0.481 e. The highest BCUT2D eigenvalue weighted by molar-refractivity contribution is 7.08. The van der Waals surface area contributed by atoms with Crippen LogP contribution < -0.4 is 5.32 Å². The number of hydrogen-bond donors (Lipinski definition) is 2. The Hall–Kier alpha value is -1.50. The molecule has 98 valence electrons. The first-order chi connectivity index (χ1) is 8.63. The van der Waals surface area contributed by atoms with Crippen molar-refractivity contribution >= 4 is 23.4 Å². The number of carbonyl (C=O) groups is 2. The van der Waals surface area contributed by atoms with Crippen molar-refractivity contribution in [2.45, 2.75) is 38.6 Å². The van der Waals surface area contributed by atoms with Gasteiger partial charge in [-0.05, 0) is 30.8 Å². The van der Waals surface area contributed by atoms with Crippen LogP contribution in [0.5, 0.6) is 0 Å². The first-order valence-corrected chi connectivity index (χ1v) is 6.75. The summed E-state index contributed by atoms with van der Waals surface area (Å²) in [6, 6.07) is -0.276. The SMILES string of the molecule is CCc1nnsc1C(=O)NC1CCCC1C(=O)O. The number of nitrogens with one attached hydrogen (secondary N) is 1. The Bertz CT molecular complexity index is 460. The Balaban J connectivity index is 2.05. The molecule has 1 heterocycles. The van der Waals surface area contributed by atoms with Gasteiger partial charge in [-0.1, -0.05) is 17.8 Å². The molecule has 0 radical (unpaired) electrons. The molecule has 0 spiro atoms. The molecule has 2 unspecified atom stereocenters. The smallest absolute Gasteiger partial charge is 0.308 e. The maximum absolute atomic E-state index is 12.0. The highest BCUT2D eigenvalue weighted by Crippen LogP contribution is 2.26. The van der Waals surface area contributed by atoms with E-state index in [0.717, 1.165) is 24.4 Å². The topological polar surface area (TPSA) is 92.2 Å². The molecule has 1 fully saturated rings.